The zero-order valence-corrected chi connectivity index (χ0v) is 10.4. The fourth-order valence-corrected chi connectivity index (χ4v) is 1.74. The molecule has 94 valence electrons. The maximum atomic E-state index is 11.4. The SMILES string of the molecule is CCCCOC(=O)CNC1(C)CCCOC1. The van der Waals surface area contributed by atoms with Gasteiger partial charge in [-0.25, -0.2) is 0 Å². The van der Waals surface area contributed by atoms with Gasteiger partial charge < -0.3 is 9.47 Å². The van der Waals surface area contributed by atoms with Crippen molar-refractivity contribution in [1.82, 2.24) is 5.32 Å². The first kappa shape index (κ1) is 13.5. The zero-order chi connectivity index (χ0) is 11.9. The zero-order valence-electron chi connectivity index (χ0n) is 10.4. The summed E-state index contributed by atoms with van der Waals surface area (Å²) in [5, 5.41) is 3.23. The van der Waals surface area contributed by atoms with Crippen LogP contribution < -0.4 is 5.32 Å². The lowest BCUT2D eigenvalue weighted by atomic mass is 9.95. The molecule has 1 N–H and O–H groups in total. The molecule has 1 rings (SSSR count). The van der Waals surface area contributed by atoms with Gasteiger partial charge in [0, 0.05) is 12.1 Å². The molecule has 0 saturated carbocycles. The summed E-state index contributed by atoms with van der Waals surface area (Å²) in [4.78, 5) is 11.4. The normalized spacial score (nSPS) is 25.4. The molecule has 4 nitrogen and oxygen atoms in total. The van der Waals surface area contributed by atoms with Crippen molar-refractivity contribution >= 4 is 5.97 Å². The first-order valence-corrected chi connectivity index (χ1v) is 6.15. The molecule has 0 amide bonds. The molecule has 0 aliphatic carbocycles. The van der Waals surface area contributed by atoms with Crippen LogP contribution in [0.15, 0.2) is 0 Å². The Morgan fingerprint density at radius 1 is 1.56 bits per heavy atom. The van der Waals surface area contributed by atoms with Gasteiger partial charge in [0.15, 0.2) is 0 Å². The van der Waals surface area contributed by atoms with Gasteiger partial charge in [-0.15, -0.1) is 0 Å². The molecule has 0 spiro atoms. The molecule has 1 fully saturated rings. The molecule has 1 heterocycles. The number of rotatable bonds is 6. The van der Waals surface area contributed by atoms with E-state index in [0.717, 1.165) is 32.3 Å². The third kappa shape index (κ3) is 4.94. The first-order valence-electron chi connectivity index (χ1n) is 6.15. The number of carbonyl (C=O) groups is 1. The average molecular weight is 229 g/mol. The minimum absolute atomic E-state index is 0.0674. The summed E-state index contributed by atoms with van der Waals surface area (Å²) in [6.45, 7) is 6.49. The smallest absolute Gasteiger partial charge is 0.319 e. The summed E-state index contributed by atoms with van der Waals surface area (Å²) >= 11 is 0. The third-order valence-corrected chi connectivity index (χ3v) is 2.86. The molecular weight excluding hydrogens is 206 g/mol. The van der Waals surface area contributed by atoms with E-state index in [4.69, 9.17) is 9.47 Å². The van der Waals surface area contributed by atoms with Gasteiger partial charge in [-0.3, -0.25) is 10.1 Å². The van der Waals surface area contributed by atoms with Crippen molar-refractivity contribution in [3.05, 3.63) is 0 Å². The van der Waals surface area contributed by atoms with Gasteiger partial charge in [-0.05, 0) is 26.2 Å². The molecule has 0 radical (unpaired) electrons. The second kappa shape index (κ2) is 6.86. The van der Waals surface area contributed by atoms with Crippen molar-refractivity contribution in [3.8, 4) is 0 Å². The molecule has 0 aromatic rings. The van der Waals surface area contributed by atoms with E-state index in [-0.39, 0.29) is 18.1 Å². The van der Waals surface area contributed by atoms with Gasteiger partial charge in [-0.2, -0.15) is 0 Å². The maximum Gasteiger partial charge on any atom is 0.319 e. The lowest BCUT2D eigenvalue weighted by molar-refractivity contribution is -0.143. The Bertz CT molecular complexity index is 212. The second-order valence-corrected chi connectivity index (χ2v) is 4.64. The Morgan fingerprint density at radius 3 is 3.00 bits per heavy atom. The lowest BCUT2D eigenvalue weighted by Gasteiger charge is -2.34. The van der Waals surface area contributed by atoms with Crippen molar-refractivity contribution in [1.29, 1.82) is 0 Å². The van der Waals surface area contributed by atoms with Gasteiger partial charge in [0.1, 0.15) is 0 Å². The van der Waals surface area contributed by atoms with E-state index >= 15 is 0 Å². The molecule has 1 saturated heterocycles. The molecule has 1 aliphatic rings. The highest BCUT2D eigenvalue weighted by Gasteiger charge is 2.27. The maximum absolute atomic E-state index is 11.4. The van der Waals surface area contributed by atoms with Gasteiger partial charge in [0.05, 0.1) is 19.8 Å². The number of unbranched alkanes of at least 4 members (excludes halogenated alkanes) is 1. The molecule has 1 unspecified atom stereocenters. The van der Waals surface area contributed by atoms with Crippen LogP contribution in [-0.4, -0.2) is 37.9 Å². The van der Waals surface area contributed by atoms with E-state index in [1.807, 2.05) is 0 Å². The van der Waals surface area contributed by atoms with E-state index in [9.17, 15) is 4.79 Å². The Labute approximate surface area is 97.7 Å². The van der Waals surface area contributed by atoms with Crippen molar-refractivity contribution in [2.75, 3.05) is 26.4 Å². The molecule has 1 atom stereocenters. The quantitative estimate of drug-likeness (QED) is 0.554. The summed E-state index contributed by atoms with van der Waals surface area (Å²) in [5.41, 5.74) is -0.0674. The van der Waals surface area contributed by atoms with Gasteiger partial charge in [0.25, 0.3) is 0 Å². The summed E-state index contributed by atoms with van der Waals surface area (Å²) < 4.78 is 10.5. The number of hydrogen-bond acceptors (Lipinski definition) is 4. The minimum atomic E-state index is -0.166. The summed E-state index contributed by atoms with van der Waals surface area (Å²) in [6, 6.07) is 0. The molecule has 4 heteroatoms. The van der Waals surface area contributed by atoms with Crippen molar-refractivity contribution < 1.29 is 14.3 Å². The number of esters is 1. The Hall–Kier alpha value is -0.610. The number of nitrogens with one attached hydrogen (secondary N) is 1. The lowest BCUT2D eigenvalue weighted by Crippen LogP contribution is -2.50. The highest BCUT2D eigenvalue weighted by Crippen LogP contribution is 2.17. The van der Waals surface area contributed by atoms with Gasteiger partial charge >= 0.3 is 5.97 Å². The molecule has 0 aromatic carbocycles. The van der Waals surface area contributed by atoms with Crippen molar-refractivity contribution in [2.24, 2.45) is 0 Å². The van der Waals surface area contributed by atoms with Crippen LogP contribution in [0.4, 0.5) is 0 Å². The molecular formula is C12H23NO3. The van der Waals surface area contributed by atoms with E-state index in [1.54, 1.807) is 0 Å². The van der Waals surface area contributed by atoms with Crippen LogP contribution in [0.1, 0.15) is 39.5 Å². The third-order valence-electron chi connectivity index (χ3n) is 2.86. The van der Waals surface area contributed by atoms with Crippen LogP contribution in [-0.2, 0) is 14.3 Å². The number of ether oxygens (including phenoxy) is 2. The standard InChI is InChI=1S/C12H23NO3/c1-3-4-8-16-11(14)9-13-12(2)6-5-7-15-10-12/h13H,3-10H2,1-2H3. The largest absolute Gasteiger partial charge is 0.465 e. The Kier molecular flexibility index (Phi) is 5.77. The highest BCUT2D eigenvalue weighted by molar-refractivity contribution is 5.71. The topological polar surface area (TPSA) is 47.6 Å². The van der Waals surface area contributed by atoms with Gasteiger partial charge in [0.2, 0.25) is 0 Å². The van der Waals surface area contributed by atoms with Crippen LogP contribution in [0, 0.1) is 0 Å². The van der Waals surface area contributed by atoms with Crippen LogP contribution in [0.25, 0.3) is 0 Å². The van der Waals surface area contributed by atoms with E-state index in [1.165, 1.54) is 0 Å². The molecule has 16 heavy (non-hydrogen) atoms. The Morgan fingerprint density at radius 2 is 2.38 bits per heavy atom. The summed E-state index contributed by atoms with van der Waals surface area (Å²) in [6.07, 6.45) is 4.09. The van der Waals surface area contributed by atoms with E-state index in [0.29, 0.717) is 13.2 Å². The fraction of sp³-hybridized carbons (Fsp3) is 0.917. The van der Waals surface area contributed by atoms with Crippen LogP contribution >= 0.6 is 0 Å². The van der Waals surface area contributed by atoms with Gasteiger partial charge in [-0.1, -0.05) is 13.3 Å². The average Bonchev–Trinajstić information content (AvgIpc) is 2.28. The highest BCUT2D eigenvalue weighted by atomic mass is 16.5. The van der Waals surface area contributed by atoms with Crippen LogP contribution in [0.3, 0.4) is 0 Å². The predicted molar refractivity (Wildman–Crippen MR) is 62.3 cm³/mol. The molecule has 1 aliphatic heterocycles. The summed E-state index contributed by atoms with van der Waals surface area (Å²) in [7, 11) is 0. The van der Waals surface area contributed by atoms with Crippen LogP contribution in [0.2, 0.25) is 0 Å². The fourth-order valence-electron chi connectivity index (χ4n) is 1.74. The minimum Gasteiger partial charge on any atom is -0.465 e. The summed E-state index contributed by atoms with van der Waals surface area (Å²) in [5.74, 6) is -0.166. The monoisotopic (exact) mass is 229 g/mol. The van der Waals surface area contributed by atoms with Crippen LogP contribution in [0.5, 0.6) is 0 Å². The van der Waals surface area contributed by atoms with E-state index in [2.05, 4.69) is 19.2 Å². The molecule has 0 bridgehead atoms. The number of carbonyl (C=O) groups excluding carboxylic acids is 1. The second-order valence-electron chi connectivity index (χ2n) is 4.64. The van der Waals surface area contributed by atoms with E-state index < -0.39 is 0 Å². The molecule has 0 aromatic heterocycles. The number of hydrogen-bond donors (Lipinski definition) is 1. The first-order chi connectivity index (χ1) is 7.66. The Balaban J connectivity index is 2.14. The van der Waals surface area contributed by atoms with Crippen molar-refractivity contribution in [2.45, 2.75) is 45.1 Å². The predicted octanol–water partition coefficient (Wildman–Crippen LogP) is 1.49. The van der Waals surface area contributed by atoms with Crippen molar-refractivity contribution in [3.63, 3.8) is 0 Å².